The summed E-state index contributed by atoms with van der Waals surface area (Å²) in [6.45, 7) is 8.44. The molecule has 6 unspecified atom stereocenters. The van der Waals surface area contributed by atoms with Crippen LogP contribution >= 0.6 is 0 Å². The molecular formula is C30H42O3. The molecule has 0 bridgehead atoms. The van der Waals surface area contributed by atoms with Crippen molar-refractivity contribution in [2.45, 2.75) is 97.0 Å². The van der Waals surface area contributed by atoms with Crippen LogP contribution in [0.5, 0.6) is 0 Å². The van der Waals surface area contributed by atoms with E-state index in [-0.39, 0.29) is 28.7 Å². The van der Waals surface area contributed by atoms with Crippen molar-refractivity contribution in [3.63, 3.8) is 0 Å². The number of fused-ring (bicyclic) bond motifs is 5. The van der Waals surface area contributed by atoms with Gasteiger partial charge in [0.2, 0.25) is 0 Å². The first-order valence-corrected chi connectivity index (χ1v) is 13.3. The SMILES string of the molecule is C=CCCCCCCCCC(=O)OC1CCC2C3C=CC4=CC(=O)C=CC4(C)C3CCC12C. The monoisotopic (exact) mass is 450 g/mol. The van der Waals surface area contributed by atoms with Gasteiger partial charge in [0.1, 0.15) is 6.10 Å². The van der Waals surface area contributed by atoms with E-state index in [1.54, 1.807) is 6.08 Å². The second kappa shape index (κ2) is 10.2. The quantitative estimate of drug-likeness (QED) is 0.199. The largest absolute Gasteiger partial charge is 0.462 e. The van der Waals surface area contributed by atoms with Gasteiger partial charge in [-0.1, -0.05) is 63.8 Å². The minimum Gasteiger partial charge on any atom is -0.462 e. The summed E-state index contributed by atoms with van der Waals surface area (Å²) in [5.74, 6) is 1.67. The highest BCUT2D eigenvalue weighted by molar-refractivity contribution is 6.01. The molecule has 0 aliphatic heterocycles. The summed E-state index contributed by atoms with van der Waals surface area (Å²) in [7, 11) is 0. The van der Waals surface area contributed by atoms with Gasteiger partial charge < -0.3 is 4.74 Å². The average molecular weight is 451 g/mol. The molecule has 33 heavy (non-hydrogen) atoms. The lowest BCUT2D eigenvalue weighted by Crippen LogP contribution is -2.49. The van der Waals surface area contributed by atoms with Gasteiger partial charge >= 0.3 is 5.97 Å². The van der Waals surface area contributed by atoms with Crippen molar-refractivity contribution in [3.8, 4) is 0 Å². The van der Waals surface area contributed by atoms with Crippen molar-refractivity contribution in [2.24, 2.45) is 28.6 Å². The summed E-state index contributed by atoms with van der Waals surface area (Å²) in [5, 5.41) is 0. The average Bonchev–Trinajstić information content (AvgIpc) is 3.12. The minimum absolute atomic E-state index is 0.000694. The number of hydrogen-bond donors (Lipinski definition) is 0. The number of allylic oxidation sites excluding steroid dienone is 7. The van der Waals surface area contributed by atoms with Crippen molar-refractivity contribution >= 4 is 11.8 Å². The molecule has 0 heterocycles. The van der Waals surface area contributed by atoms with Gasteiger partial charge in [-0.15, -0.1) is 6.58 Å². The van der Waals surface area contributed by atoms with Gasteiger partial charge in [0.15, 0.2) is 5.78 Å². The Labute approximate surface area is 200 Å². The molecule has 0 radical (unpaired) electrons. The topological polar surface area (TPSA) is 43.4 Å². The van der Waals surface area contributed by atoms with Crippen molar-refractivity contribution in [3.05, 3.63) is 48.6 Å². The van der Waals surface area contributed by atoms with E-state index in [1.807, 2.05) is 12.2 Å². The maximum atomic E-state index is 12.6. The van der Waals surface area contributed by atoms with E-state index in [1.165, 1.54) is 31.3 Å². The molecule has 0 aromatic carbocycles. The van der Waals surface area contributed by atoms with Crippen LogP contribution in [-0.4, -0.2) is 17.9 Å². The summed E-state index contributed by atoms with van der Waals surface area (Å²) >= 11 is 0. The molecular weight excluding hydrogens is 408 g/mol. The molecule has 4 aliphatic carbocycles. The maximum absolute atomic E-state index is 12.6. The van der Waals surface area contributed by atoms with Crippen LogP contribution in [0.2, 0.25) is 0 Å². The molecule has 3 heteroatoms. The summed E-state index contributed by atoms with van der Waals surface area (Å²) in [6, 6.07) is 0. The number of ether oxygens (including phenoxy) is 1. The third-order valence-electron chi connectivity index (χ3n) is 9.34. The van der Waals surface area contributed by atoms with E-state index in [9.17, 15) is 9.59 Å². The van der Waals surface area contributed by atoms with Crippen molar-refractivity contribution in [2.75, 3.05) is 0 Å². The highest BCUT2D eigenvalue weighted by Gasteiger charge is 2.58. The smallest absolute Gasteiger partial charge is 0.306 e. The fraction of sp³-hybridized carbons (Fsp3) is 0.667. The van der Waals surface area contributed by atoms with Crippen LogP contribution in [0, 0.1) is 28.6 Å². The molecule has 4 rings (SSSR count). The molecule has 0 amide bonds. The second-order valence-electron chi connectivity index (χ2n) is 11.3. The first-order valence-electron chi connectivity index (χ1n) is 13.3. The van der Waals surface area contributed by atoms with Crippen LogP contribution in [-0.2, 0) is 14.3 Å². The van der Waals surface area contributed by atoms with Crippen LogP contribution in [0.3, 0.4) is 0 Å². The van der Waals surface area contributed by atoms with Crippen LogP contribution < -0.4 is 0 Å². The molecule has 4 aliphatic rings. The number of carbonyl (C=O) groups is 2. The first-order chi connectivity index (χ1) is 15.9. The zero-order valence-electron chi connectivity index (χ0n) is 20.7. The maximum Gasteiger partial charge on any atom is 0.306 e. The third kappa shape index (κ3) is 4.84. The summed E-state index contributed by atoms with van der Waals surface area (Å²) < 4.78 is 6.12. The molecule has 0 aromatic heterocycles. The summed E-state index contributed by atoms with van der Waals surface area (Å²) in [6.07, 6.45) is 25.3. The van der Waals surface area contributed by atoms with Crippen molar-refractivity contribution in [1.82, 2.24) is 0 Å². The van der Waals surface area contributed by atoms with Gasteiger partial charge in [0, 0.05) is 17.3 Å². The summed E-state index contributed by atoms with van der Waals surface area (Å²) in [5.41, 5.74) is 1.19. The zero-order valence-corrected chi connectivity index (χ0v) is 20.7. The molecule has 6 atom stereocenters. The minimum atomic E-state index is -0.0465. The standard InChI is InChI=1S/C30H42O3/c1-4-5-6-7-8-9-10-11-12-28(32)33-27-16-15-25-24-14-13-22-21-23(31)17-19-29(22,2)26(24)18-20-30(25,27)3/h4,13-14,17,19,21,24-27H,1,5-12,15-16,18,20H2,2-3H3. The fourth-order valence-electron chi connectivity index (χ4n) is 7.28. The molecule has 0 aromatic rings. The van der Waals surface area contributed by atoms with E-state index in [4.69, 9.17) is 4.74 Å². The van der Waals surface area contributed by atoms with Gasteiger partial charge in [0.05, 0.1) is 0 Å². The number of carbonyl (C=O) groups excluding carboxylic acids is 2. The molecule has 2 saturated carbocycles. The highest BCUT2D eigenvalue weighted by Crippen LogP contribution is 2.63. The van der Waals surface area contributed by atoms with E-state index in [2.05, 4.69) is 38.7 Å². The van der Waals surface area contributed by atoms with Crippen molar-refractivity contribution < 1.29 is 14.3 Å². The lowest BCUT2D eigenvalue weighted by atomic mass is 9.50. The second-order valence-corrected chi connectivity index (χ2v) is 11.3. The van der Waals surface area contributed by atoms with E-state index in [0.717, 1.165) is 44.9 Å². The summed E-state index contributed by atoms with van der Waals surface area (Å²) in [4.78, 5) is 24.6. The number of unbranched alkanes of at least 4 members (excludes halogenated alkanes) is 6. The normalized spacial score (nSPS) is 36.5. The lowest BCUT2D eigenvalue weighted by molar-refractivity contribution is -0.158. The van der Waals surface area contributed by atoms with Crippen LogP contribution in [0.1, 0.15) is 90.9 Å². The number of esters is 1. The molecule has 0 spiro atoms. The highest BCUT2D eigenvalue weighted by atomic mass is 16.5. The lowest BCUT2D eigenvalue weighted by Gasteiger charge is -2.54. The first kappa shape index (κ1) is 24.2. The zero-order chi connectivity index (χ0) is 23.5. The Hall–Kier alpha value is -1.90. The molecule has 2 fully saturated rings. The predicted octanol–water partition coefficient (Wildman–Crippen LogP) is 7.29. The van der Waals surface area contributed by atoms with Gasteiger partial charge in [-0.05, 0) is 80.4 Å². The van der Waals surface area contributed by atoms with Crippen LogP contribution in [0.4, 0.5) is 0 Å². The van der Waals surface area contributed by atoms with E-state index in [0.29, 0.717) is 24.2 Å². The Morgan fingerprint density at radius 1 is 1.06 bits per heavy atom. The van der Waals surface area contributed by atoms with Crippen molar-refractivity contribution in [1.29, 1.82) is 0 Å². The number of rotatable bonds is 10. The Morgan fingerprint density at radius 2 is 1.82 bits per heavy atom. The Balaban J connectivity index is 1.30. The van der Waals surface area contributed by atoms with Gasteiger partial charge in [-0.2, -0.15) is 0 Å². The molecule has 3 nitrogen and oxygen atoms in total. The molecule has 0 saturated heterocycles. The predicted molar refractivity (Wildman–Crippen MR) is 134 cm³/mol. The molecule has 180 valence electrons. The Kier molecular flexibility index (Phi) is 7.46. The third-order valence-corrected chi connectivity index (χ3v) is 9.34. The number of hydrogen-bond acceptors (Lipinski definition) is 3. The number of ketones is 1. The van der Waals surface area contributed by atoms with Crippen LogP contribution in [0.15, 0.2) is 48.6 Å². The Bertz CT molecular complexity index is 849. The molecule has 0 N–H and O–H groups in total. The fourth-order valence-corrected chi connectivity index (χ4v) is 7.28. The van der Waals surface area contributed by atoms with E-state index >= 15 is 0 Å². The van der Waals surface area contributed by atoms with Crippen LogP contribution in [0.25, 0.3) is 0 Å². The van der Waals surface area contributed by atoms with Gasteiger partial charge in [-0.3, -0.25) is 9.59 Å². The van der Waals surface area contributed by atoms with Gasteiger partial charge in [0.25, 0.3) is 0 Å². The Morgan fingerprint density at radius 3 is 2.61 bits per heavy atom. The van der Waals surface area contributed by atoms with E-state index < -0.39 is 0 Å². The van der Waals surface area contributed by atoms with Gasteiger partial charge in [-0.25, -0.2) is 0 Å².